The van der Waals surface area contributed by atoms with Crippen LogP contribution in [0.2, 0.25) is 0 Å². The number of hydrogen-bond acceptors (Lipinski definition) is 5. The highest BCUT2D eigenvalue weighted by atomic mass is 32.2. The molecule has 0 aliphatic carbocycles. The summed E-state index contributed by atoms with van der Waals surface area (Å²) >= 11 is 0. The van der Waals surface area contributed by atoms with E-state index >= 15 is 0 Å². The molecule has 0 amide bonds. The number of carbonyl (C=O) groups excluding carboxylic acids is 1. The molecule has 3 rings (SSSR count). The number of nitrogens with one attached hydrogen (secondary N) is 1. The summed E-state index contributed by atoms with van der Waals surface area (Å²) in [5.41, 5.74) is 1.06. The average molecular weight is 349 g/mol. The summed E-state index contributed by atoms with van der Waals surface area (Å²) in [5, 5.41) is 5.95. The molecule has 24 heavy (non-hydrogen) atoms. The first kappa shape index (κ1) is 16.7. The Morgan fingerprint density at radius 3 is 2.83 bits per heavy atom. The zero-order chi connectivity index (χ0) is 17.2. The molecule has 1 aromatic carbocycles. The summed E-state index contributed by atoms with van der Waals surface area (Å²) < 4.78 is 32.0. The third-order valence-corrected chi connectivity index (χ3v) is 5.96. The summed E-state index contributed by atoms with van der Waals surface area (Å²) in [6.45, 7) is 2.62. The molecule has 2 heterocycles. The monoisotopic (exact) mass is 349 g/mol. The van der Waals surface area contributed by atoms with E-state index in [2.05, 4.69) is 10.2 Å². The fourth-order valence-corrected chi connectivity index (χ4v) is 4.46. The molecule has 1 unspecified atom stereocenters. The molecule has 0 bridgehead atoms. The molecular formula is C16H19N3O4S. The number of esters is 1. The van der Waals surface area contributed by atoms with Crippen LogP contribution in [-0.2, 0) is 14.8 Å². The zero-order valence-corrected chi connectivity index (χ0v) is 14.1. The molecule has 1 saturated heterocycles. The lowest BCUT2D eigenvalue weighted by Gasteiger charge is -2.16. The van der Waals surface area contributed by atoms with Crippen LogP contribution in [0.5, 0.6) is 0 Å². The Balaban J connectivity index is 1.83. The average Bonchev–Trinajstić information content (AvgIpc) is 3.26. The number of carbonyl (C=O) groups is 1. The lowest BCUT2D eigenvalue weighted by Crippen LogP contribution is -2.30. The van der Waals surface area contributed by atoms with E-state index in [0.717, 1.165) is 12.0 Å². The highest BCUT2D eigenvalue weighted by Gasteiger charge is 2.36. The van der Waals surface area contributed by atoms with Crippen LogP contribution in [0.1, 0.15) is 35.2 Å². The zero-order valence-electron chi connectivity index (χ0n) is 13.3. The lowest BCUT2D eigenvalue weighted by atomic mass is 9.99. The number of rotatable bonds is 5. The first-order chi connectivity index (χ1) is 11.5. The molecule has 2 aromatic rings. The largest absolute Gasteiger partial charge is 0.462 e. The number of hydrogen-bond donors (Lipinski definition) is 1. The van der Waals surface area contributed by atoms with Gasteiger partial charge in [-0.1, -0.05) is 30.3 Å². The van der Waals surface area contributed by atoms with Gasteiger partial charge in [-0.25, -0.2) is 13.2 Å². The molecule has 128 valence electrons. The molecule has 1 atom stereocenters. The normalized spacial score (nSPS) is 18.6. The van der Waals surface area contributed by atoms with Gasteiger partial charge in [0.1, 0.15) is 5.56 Å². The Morgan fingerprint density at radius 2 is 2.12 bits per heavy atom. The van der Waals surface area contributed by atoms with Gasteiger partial charge >= 0.3 is 5.97 Å². The fourth-order valence-electron chi connectivity index (χ4n) is 2.90. The van der Waals surface area contributed by atoms with Crippen LogP contribution in [0.25, 0.3) is 0 Å². The lowest BCUT2D eigenvalue weighted by molar-refractivity contribution is 0.0521. The Bertz CT molecular complexity index is 817. The topological polar surface area (TPSA) is 92.4 Å². The predicted octanol–water partition coefficient (Wildman–Crippen LogP) is 1.76. The SMILES string of the molecule is CCOC(=O)c1cn[nH]c1S(=O)(=O)N1CCC(c2ccccc2)C1. The van der Waals surface area contributed by atoms with E-state index in [9.17, 15) is 13.2 Å². The molecule has 0 radical (unpaired) electrons. The van der Waals surface area contributed by atoms with Gasteiger partial charge in [0.05, 0.1) is 12.8 Å². The van der Waals surface area contributed by atoms with Crippen LogP contribution in [0.4, 0.5) is 0 Å². The Morgan fingerprint density at radius 1 is 1.38 bits per heavy atom. The quantitative estimate of drug-likeness (QED) is 0.831. The summed E-state index contributed by atoms with van der Waals surface area (Å²) in [6.07, 6.45) is 1.93. The van der Waals surface area contributed by atoms with Gasteiger partial charge in [-0.2, -0.15) is 9.40 Å². The van der Waals surface area contributed by atoms with Crippen LogP contribution in [0, 0.1) is 0 Å². The van der Waals surface area contributed by atoms with Crippen LogP contribution >= 0.6 is 0 Å². The maximum atomic E-state index is 12.8. The third-order valence-electron chi connectivity index (χ3n) is 4.12. The van der Waals surface area contributed by atoms with Crippen molar-refractivity contribution in [2.75, 3.05) is 19.7 Å². The minimum Gasteiger partial charge on any atom is -0.462 e. The van der Waals surface area contributed by atoms with Crippen LogP contribution in [-0.4, -0.2) is 48.6 Å². The second-order valence-electron chi connectivity index (χ2n) is 5.59. The summed E-state index contributed by atoms with van der Waals surface area (Å²) in [6, 6.07) is 9.83. The van der Waals surface area contributed by atoms with Gasteiger partial charge in [-0.3, -0.25) is 5.10 Å². The van der Waals surface area contributed by atoms with Gasteiger partial charge in [-0.05, 0) is 24.8 Å². The van der Waals surface area contributed by atoms with E-state index in [1.807, 2.05) is 30.3 Å². The van der Waals surface area contributed by atoms with E-state index in [-0.39, 0.29) is 23.1 Å². The third kappa shape index (κ3) is 3.07. The smallest absolute Gasteiger partial charge is 0.342 e. The highest BCUT2D eigenvalue weighted by Crippen LogP contribution is 2.31. The number of benzene rings is 1. The van der Waals surface area contributed by atoms with Crippen molar-refractivity contribution in [1.29, 1.82) is 0 Å². The molecule has 0 saturated carbocycles. The van der Waals surface area contributed by atoms with E-state index in [4.69, 9.17) is 4.74 Å². The molecule has 1 aliphatic heterocycles. The predicted molar refractivity (Wildman–Crippen MR) is 87.1 cm³/mol. The highest BCUT2D eigenvalue weighted by molar-refractivity contribution is 7.89. The van der Waals surface area contributed by atoms with E-state index in [1.54, 1.807) is 6.92 Å². The standard InChI is InChI=1S/C16H19N3O4S/c1-2-23-16(20)14-10-17-18-15(14)24(21,22)19-9-8-13(11-19)12-6-4-3-5-7-12/h3-7,10,13H,2,8-9,11H2,1H3,(H,17,18). The van der Waals surface area contributed by atoms with E-state index in [0.29, 0.717) is 13.1 Å². The van der Waals surface area contributed by atoms with Crippen LogP contribution < -0.4 is 0 Å². The number of H-pyrrole nitrogens is 1. The van der Waals surface area contributed by atoms with Crippen molar-refractivity contribution in [2.45, 2.75) is 24.3 Å². The maximum Gasteiger partial charge on any atom is 0.342 e. The van der Waals surface area contributed by atoms with Gasteiger partial charge in [-0.15, -0.1) is 0 Å². The Hall–Kier alpha value is -2.19. The van der Waals surface area contributed by atoms with Crippen LogP contribution in [0.15, 0.2) is 41.6 Å². The van der Waals surface area contributed by atoms with Gasteiger partial charge in [0.25, 0.3) is 10.0 Å². The first-order valence-electron chi connectivity index (χ1n) is 7.79. The number of aromatic amines is 1. The minimum absolute atomic E-state index is 0.0555. The second kappa shape index (κ2) is 6.74. The number of sulfonamides is 1. The van der Waals surface area contributed by atoms with Crippen molar-refractivity contribution in [2.24, 2.45) is 0 Å². The van der Waals surface area contributed by atoms with Gasteiger partial charge in [0.2, 0.25) is 0 Å². The number of nitrogens with zero attached hydrogens (tertiary/aromatic N) is 2. The molecule has 1 aromatic heterocycles. The fraction of sp³-hybridized carbons (Fsp3) is 0.375. The first-order valence-corrected chi connectivity index (χ1v) is 9.23. The molecule has 0 spiro atoms. The summed E-state index contributed by atoms with van der Waals surface area (Å²) in [5.74, 6) is -0.543. The molecular weight excluding hydrogens is 330 g/mol. The van der Waals surface area contributed by atoms with Crippen molar-refractivity contribution in [3.05, 3.63) is 47.7 Å². The molecule has 7 nitrogen and oxygen atoms in total. The second-order valence-corrected chi connectivity index (χ2v) is 7.47. The van der Waals surface area contributed by atoms with Gasteiger partial charge in [0, 0.05) is 13.1 Å². The molecule has 1 N–H and O–H groups in total. The van der Waals surface area contributed by atoms with E-state index < -0.39 is 16.0 Å². The molecule has 1 fully saturated rings. The Kier molecular flexibility index (Phi) is 4.68. The van der Waals surface area contributed by atoms with Gasteiger partial charge < -0.3 is 4.74 Å². The van der Waals surface area contributed by atoms with Crippen molar-refractivity contribution < 1.29 is 17.9 Å². The maximum absolute atomic E-state index is 12.8. The van der Waals surface area contributed by atoms with Crippen molar-refractivity contribution >= 4 is 16.0 Å². The summed E-state index contributed by atoms with van der Waals surface area (Å²) in [4.78, 5) is 11.9. The van der Waals surface area contributed by atoms with Crippen molar-refractivity contribution in [3.8, 4) is 0 Å². The minimum atomic E-state index is -3.82. The summed E-state index contributed by atoms with van der Waals surface area (Å²) in [7, 11) is -3.82. The Labute approximate surface area is 140 Å². The van der Waals surface area contributed by atoms with Crippen LogP contribution in [0.3, 0.4) is 0 Å². The molecule has 1 aliphatic rings. The number of ether oxygens (including phenoxy) is 1. The van der Waals surface area contributed by atoms with Gasteiger partial charge in [0.15, 0.2) is 5.03 Å². The number of aromatic nitrogens is 2. The van der Waals surface area contributed by atoms with Crippen molar-refractivity contribution in [1.82, 2.24) is 14.5 Å². The molecule has 8 heteroatoms. The van der Waals surface area contributed by atoms with Crippen molar-refractivity contribution in [3.63, 3.8) is 0 Å². The van der Waals surface area contributed by atoms with E-state index in [1.165, 1.54) is 10.5 Å².